The maximum absolute atomic E-state index is 5.90. The number of ether oxygens (including phenoxy) is 3. The quantitative estimate of drug-likeness (QED) is 0.754. The van der Waals surface area contributed by atoms with E-state index in [9.17, 15) is 0 Å². The van der Waals surface area contributed by atoms with Crippen LogP contribution in [0, 0.1) is 0 Å². The zero-order chi connectivity index (χ0) is 16.7. The van der Waals surface area contributed by atoms with Gasteiger partial charge in [-0.2, -0.15) is 0 Å². The molecule has 2 rings (SSSR count). The van der Waals surface area contributed by atoms with Gasteiger partial charge in [-0.15, -0.1) is 0 Å². The van der Waals surface area contributed by atoms with Crippen molar-refractivity contribution in [3.05, 3.63) is 52.5 Å². The summed E-state index contributed by atoms with van der Waals surface area (Å²) >= 11 is 5.90. The summed E-state index contributed by atoms with van der Waals surface area (Å²) in [6, 6.07) is 11.9. The summed E-state index contributed by atoms with van der Waals surface area (Å²) in [5.74, 6) is 2.04. The number of hydrogen-bond acceptors (Lipinski definition) is 3. The van der Waals surface area contributed by atoms with E-state index < -0.39 is 0 Å². The van der Waals surface area contributed by atoms with Crippen LogP contribution >= 0.6 is 11.6 Å². The molecule has 0 unspecified atom stereocenters. The van der Waals surface area contributed by atoms with E-state index in [0.717, 1.165) is 35.8 Å². The van der Waals surface area contributed by atoms with Crippen LogP contribution in [-0.2, 0) is 13.0 Å². The summed E-state index contributed by atoms with van der Waals surface area (Å²) in [7, 11) is 4.89. The van der Waals surface area contributed by atoms with E-state index in [1.165, 1.54) is 5.56 Å². The molecule has 124 valence electrons. The lowest BCUT2D eigenvalue weighted by atomic mass is 10.1. The molecule has 0 spiro atoms. The van der Waals surface area contributed by atoms with Crippen LogP contribution in [0.1, 0.15) is 11.1 Å². The Morgan fingerprint density at radius 2 is 1.57 bits per heavy atom. The van der Waals surface area contributed by atoms with Gasteiger partial charge in [0, 0.05) is 11.4 Å². The van der Waals surface area contributed by atoms with Gasteiger partial charge in [0.1, 0.15) is 6.54 Å². The van der Waals surface area contributed by atoms with Crippen LogP contribution < -0.4 is 19.5 Å². The van der Waals surface area contributed by atoms with Crippen molar-refractivity contribution in [1.29, 1.82) is 0 Å². The molecule has 2 aromatic rings. The first-order valence-corrected chi connectivity index (χ1v) is 7.91. The van der Waals surface area contributed by atoms with Crippen molar-refractivity contribution in [2.45, 2.75) is 13.0 Å². The maximum Gasteiger partial charge on any atom is 0.203 e. The van der Waals surface area contributed by atoms with Crippen molar-refractivity contribution in [2.75, 3.05) is 27.9 Å². The molecule has 0 bridgehead atoms. The van der Waals surface area contributed by atoms with Gasteiger partial charge in [0.15, 0.2) is 11.5 Å². The molecule has 23 heavy (non-hydrogen) atoms. The highest BCUT2D eigenvalue weighted by atomic mass is 35.5. The average molecular weight is 337 g/mol. The van der Waals surface area contributed by atoms with Crippen molar-refractivity contribution in [3.8, 4) is 17.2 Å². The molecule has 0 aliphatic carbocycles. The van der Waals surface area contributed by atoms with E-state index in [1.807, 2.05) is 24.3 Å². The van der Waals surface area contributed by atoms with E-state index in [2.05, 4.69) is 17.4 Å². The second kappa shape index (κ2) is 8.65. The third-order valence-electron chi connectivity index (χ3n) is 3.70. The van der Waals surface area contributed by atoms with Crippen molar-refractivity contribution < 1.29 is 19.5 Å². The summed E-state index contributed by atoms with van der Waals surface area (Å²) in [5.41, 5.74) is 2.37. The summed E-state index contributed by atoms with van der Waals surface area (Å²) < 4.78 is 16.2. The third kappa shape index (κ3) is 4.53. The number of halogens is 1. The number of quaternary nitrogens is 1. The lowest BCUT2D eigenvalue weighted by Gasteiger charge is -2.15. The van der Waals surface area contributed by atoms with E-state index >= 15 is 0 Å². The SMILES string of the molecule is COc1ccc(C[NH2+]CCc2ccc(Cl)cc2)c(OC)c1OC. The lowest BCUT2D eigenvalue weighted by molar-refractivity contribution is -0.670. The van der Waals surface area contributed by atoms with Crippen LogP contribution in [0.2, 0.25) is 5.02 Å². The molecule has 0 saturated heterocycles. The Hall–Kier alpha value is -1.91. The van der Waals surface area contributed by atoms with Crippen LogP contribution in [0.15, 0.2) is 36.4 Å². The fraction of sp³-hybridized carbons (Fsp3) is 0.333. The fourth-order valence-electron chi connectivity index (χ4n) is 2.50. The Labute approximate surface area is 142 Å². The molecular formula is C18H23ClNO3+. The molecule has 4 nitrogen and oxygen atoms in total. The summed E-state index contributed by atoms with van der Waals surface area (Å²) in [6.07, 6.45) is 0.993. The van der Waals surface area contributed by atoms with Crippen molar-refractivity contribution in [2.24, 2.45) is 0 Å². The number of hydrogen-bond donors (Lipinski definition) is 1. The molecule has 0 aliphatic rings. The summed E-state index contributed by atoms with van der Waals surface area (Å²) in [5, 5.41) is 3.02. The van der Waals surface area contributed by atoms with Crippen molar-refractivity contribution in [3.63, 3.8) is 0 Å². The summed E-state index contributed by atoms with van der Waals surface area (Å²) in [4.78, 5) is 0. The zero-order valence-corrected chi connectivity index (χ0v) is 14.5. The monoisotopic (exact) mass is 336 g/mol. The smallest absolute Gasteiger partial charge is 0.203 e. The zero-order valence-electron chi connectivity index (χ0n) is 13.8. The molecule has 0 aromatic heterocycles. The molecule has 0 fully saturated rings. The number of rotatable bonds is 8. The first kappa shape index (κ1) is 17.4. The molecule has 0 atom stereocenters. The second-order valence-corrected chi connectivity index (χ2v) is 5.59. The molecule has 5 heteroatoms. The Morgan fingerprint density at radius 3 is 2.17 bits per heavy atom. The van der Waals surface area contributed by atoms with Gasteiger partial charge < -0.3 is 19.5 Å². The Balaban J connectivity index is 1.96. The van der Waals surface area contributed by atoms with Crippen LogP contribution in [0.4, 0.5) is 0 Å². The van der Waals surface area contributed by atoms with Crippen molar-refractivity contribution >= 4 is 11.6 Å². The van der Waals surface area contributed by atoms with E-state index in [1.54, 1.807) is 21.3 Å². The predicted octanol–water partition coefficient (Wildman–Crippen LogP) is 2.67. The highest BCUT2D eigenvalue weighted by Crippen LogP contribution is 2.39. The largest absolute Gasteiger partial charge is 0.493 e. The van der Waals surface area contributed by atoms with Gasteiger partial charge in [-0.3, -0.25) is 0 Å². The van der Waals surface area contributed by atoms with Gasteiger partial charge in [-0.1, -0.05) is 23.7 Å². The van der Waals surface area contributed by atoms with Crippen LogP contribution in [0.25, 0.3) is 0 Å². The maximum atomic E-state index is 5.90. The van der Waals surface area contributed by atoms with Gasteiger partial charge in [0.25, 0.3) is 0 Å². The molecule has 0 heterocycles. The number of methoxy groups -OCH3 is 3. The van der Waals surface area contributed by atoms with Gasteiger partial charge in [0.2, 0.25) is 5.75 Å². The summed E-state index contributed by atoms with van der Waals surface area (Å²) in [6.45, 7) is 1.80. The normalized spacial score (nSPS) is 10.4. The highest BCUT2D eigenvalue weighted by Gasteiger charge is 2.16. The predicted molar refractivity (Wildman–Crippen MR) is 91.8 cm³/mol. The van der Waals surface area contributed by atoms with Crippen molar-refractivity contribution in [1.82, 2.24) is 0 Å². The van der Waals surface area contributed by atoms with Gasteiger partial charge in [-0.05, 0) is 29.8 Å². The molecule has 0 saturated carbocycles. The minimum Gasteiger partial charge on any atom is -0.493 e. The molecule has 2 N–H and O–H groups in total. The van der Waals surface area contributed by atoms with Crippen LogP contribution in [-0.4, -0.2) is 27.9 Å². The Morgan fingerprint density at radius 1 is 0.870 bits per heavy atom. The van der Waals surface area contributed by atoms with E-state index in [0.29, 0.717) is 11.5 Å². The third-order valence-corrected chi connectivity index (χ3v) is 3.95. The lowest BCUT2D eigenvalue weighted by Crippen LogP contribution is -2.83. The number of nitrogens with two attached hydrogens (primary N) is 1. The molecule has 2 aromatic carbocycles. The van der Waals surface area contributed by atoms with Crippen LogP contribution in [0.5, 0.6) is 17.2 Å². The average Bonchev–Trinajstić information content (AvgIpc) is 2.59. The topological polar surface area (TPSA) is 44.3 Å². The second-order valence-electron chi connectivity index (χ2n) is 5.15. The van der Waals surface area contributed by atoms with Crippen LogP contribution in [0.3, 0.4) is 0 Å². The van der Waals surface area contributed by atoms with Gasteiger partial charge >= 0.3 is 0 Å². The van der Waals surface area contributed by atoms with Gasteiger partial charge in [-0.25, -0.2) is 0 Å². The van der Waals surface area contributed by atoms with E-state index in [-0.39, 0.29) is 0 Å². The van der Waals surface area contributed by atoms with E-state index in [4.69, 9.17) is 25.8 Å². The number of benzene rings is 2. The minimum atomic E-state index is 0.638. The Bertz CT molecular complexity index is 629. The highest BCUT2D eigenvalue weighted by molar-refractivity contribution is 6.30. The molecule has 0 aliphatic heterocycles. The first-order chi connectivity index (χ1) is 11.2. The fourth-order valence-corrected chi connectivity index (χ4v) is 2.63. The standard InChI is InChI=1S/C18H22ClNO3/c1-21-16-9-6-14(17(22-2)18(16)23-3)12-20-11-10-13-4-7-15(19)8-5-13/h4-9,20H,10-12H2,1-3H3/p+1. The first-order valence-electron chi connectivity index (χ1n) is 7.53. The molecule has 0 amide bonds. The molecular weight excluding hydrogens is 314 g/mol. The minimum absolute atomic E-state index is 0.638. The van der Waals surface area contributed by atoms with Gasteiger partial charge in [0.05, 0.1) is 33.4 Å². The Kier molecular flexibility index (Phi) is 6.56. The molecule has 0 radical (unpaired) electrons.